The number of anilines is 1. The zero-order valence-electron chi connectivity index (χ0n) is 12.0. The number of aromatic nitrogens is 3. The maximum Gasteiger partial charge on any atom is 0.243 e. The molecule has 1 unspecified atom stereocenters. The molecule has 0 aliphatic rings. The summed E-state index contributed by atoms with van der Waals surface area (Å²) in [6, 6.07) is 10.1. The van der Waals surface area contributed by atoms with Gasteiger partial charge in [-0.2, -0.15) is 5.10 Å². The molecule has 5 nitrogen and oxygen atoms in total. The van der Waals surface area contributed by atoms with Crippen molar-refractivity contribution in [3.05, 3.63) is 47.3 Å². The van der Waals surface area contributed by atoms with Crippen LogP contribution in [-0.2, 0) is 12.8 Å². The first kappa shape index (κ1) is 14.4. The fourth-order valence-corrected chi connectivity index (χ4v) is 2.12. The van der Waals surface area contributed by atoms with E-state index < -0.39 is 0 Å². The molecule has 0 aliphatic carbocycles. The van der Waals surface area contributed by atoms with Gasteiger partial charge in [-0.1, -0.05) is 44.2 Å². The Bertz CT molecular complexity index is 541. The van der Waals surface area contributed by atoms with E-state index in [-0.39, 0.29) is 6.04 Å². The molecule has 0 bridgehead atoms. The third kappa shape index (κ3) is 3.30. The van der Waals surface area contributed by atoms with Crippen LogP contribution in [0.15, 0.2) is 30.3 Å². The Hall–Kier alpha value is -2.01. The Balaban J connectivity index is 2.20. The highest BCUT2D eigenvalue weighted by molar-refractivity contribution is 5.32. The number of hydrogen-bond acceptors (Lipinski definition) is 5. The van der Waals surface area contributed by atoms with Crippen LogP contribution in [0, 0.1) is 0 Å². The molecule has 2 aromatic rings. The first-order valence-electron chi connectivity index (χ1n) is 7.02. The summed E-state index contributed by atoms with van der Waals surface area (Å²) >= 11 is 0. The lowest BCUT2D eigenvalue weighted by Crippen LogP contribution is -2.22. The van der Waals surface area contributed by atoms with Crippen LogP contribution in [0.1, 0.15) is 36.8 Å². The van der Waals surface area contributed by atoms with Crippen molar-refractivity contribution in [2.24, 2.45) is 5.73 Å². The number of hydrogen-bond donors (Lipinski definition) is 2. The van der Waals surface area contributed by atoms with Gasteiger partial charge in [0.25, 0.3) is 0 Å². The van der Waals surface area contributed by atoms with Crippen molar-refractivity contribution in [1.82, 2.24) is 15.2 Å². The van der Waals surface area contributed by atoms with Gasteiger partial charge < -0.3 is 11.1 Å². The van der Waals surface area contributed by atoms with Gasteiger partial charge in [0.2, 0.25) is 5.95 Å². The highest BCUT2D eigenvalue weighted by atomic mass is 15.2. The zero-order chi connectivity index (χ0) is 14.4. The Morgan fingerprint density at radius 2 is 1.75 bits per heavy atom. The Morgan fingerprint density at radius 3 is 2.35 bits per heavy atom. The molecule has 3 N–H and O–H groups in total. The van der Waals surface area contributed by atoms with Gasteiger partial charge in [-0.3, -0.25) is 0 Å². The van der Waals surface area contributed by atoms with Crippen LogP contribution in [0.5, 0.6) is 0 Å². The normalized spacial score (nSPS) is 12.2. The second-order valence-electron chi connectivity index (χ2n) is 4.58. The van der Waals surface area contributed by atoms with Gasteiger partial charge in [-0.25, -0.2) is 4.98 Å². The molecule has 5 heteroatoms. The quantitative estimate of drug-likeness (QED) is 0.841. The number of nitrogens with two attached hydrogens (primary N) is 1. The summed E-state index contributed by atoms with van der Waals surface area (Å²) in [5.74, 6) is 0.540. The molecular weight excluding hydrogens is 250 g/mol. The average molecular weight is 271 g/mol. The number of rotatable bonds is 6. The molecule has 1 aromatic heterocycles. The van der Waals surface area contributed by atoms with Gasteiger partial charge in [-0.05, 0) is 18.4 Å². The first-order valence-corrected chi connectivity index (χ1v) is 7.02. The minimum atomic E-state index is -0.00446. The van der Waals surface area contributed by atoms with E-state index in [9.17, 15) is 0 Å². The van der Waals surface area contributed by atoms with E-state index in [1.807, 2.05) is 30.3 Å². The summed E-state index contributed by atoms with van der Waals surface area (Å²) in [6.45, 7) is 4.61. The smallest absolute Gasteiger partial charge is 0.243 e. The van der Waals surface area contributed by atoms with E-state index >= 15 is 0 Å². The molecule has 106 valence electrons. The molecule has 0 saturated heterocycles. The standard InChI is InChI=1S/C15H21N5/c1-3-12-13(4-2)19-20-15(17-12)18-14(10-16)11-8-6-5-7-9-11/h5-9,14H,3-4,10,16H2,1-2H3,(H,17,18,20). The van der Waals surface area contributed by atoms with Crippen LogP contribution in [0.4, 0.5) is 5.95 Å². The summed E-state index contributed by atoms with van der Waals surface area (Å²) in [6.07, 6.45) is 1.70. The molecule has 20 heavy (non-hydrogen) atoms. The molecule has 0 fully saturated rings. The predicted molar refractivity (Wildman–Crippen MR) is 80.4 cm³/mol. The number of benzene rings is 1. The minimum Gasteiger partial charge on any atom is -0.345 e. The van der Waals surface area contributed by atoms with E-state index in [1.54, 1.807) is 0 Å². The highest BCUT2D eigenvalue weighted by Crippen LogP contribution is 2.16. The predicted octanol–water partition coefficient (Wildman–Crippen LogP) is 2.11. The lowest BCUT2D eigenvalue weighted by molar-refractivity contribution is 0.750. The van der Waals surface area contributed by atoms with Gasteiger partial charge in [0, 0.05) is 6.54 Å². The van der Waals surface area contributed by atoms with E-state index in [1.165, 1.54) is 0 Å². The van der Waals surface area contributed by atoms with E-state index in [0.717, 1.165) is 29.8 Å². The molecular formula is C15H21N5. The van der Waals surface area contributed by atoms with Crippen LogP contribution in [0.3, 0.4) is 0 Å². The second-order valence-corrected chi connectivity index (χ2v) is 4.58. The maximum atomic E-state index is 5.84. The largest absolute Gasteiger partial charge is 0.345 e. The molecule has 1 heterocycles. The molecule has 0 amide bonds. The third-order valence-electron chi connectivity index (χ3n) is 3.25. The molecule has 1 atom stereocenters. The number of nitrogens with zero attached hydrogens (tertiary/aromatic N) is 3. The van der Waals surface area contributed by atoms with Crippen LogP contribution in [0.25, 0.3) is 0 Å². The van der Waals surface area contributed by atoms with Crippen molar-refractivity contribution in [1.29, 1.82) is 0 Å². The first-order chi connectivity index (χ1) is 9.78. The van der Waals surface area contributed by atoms with E-state index in [2.05, 4.69) is 34.3 Å². The van der Waals surface area contributed by atoms with Crippen molar-refractivity contribution in [3.63, 3.8) is 0 Å². The molecule has 0 radical (unpaired) electrons. The van der Waals surface area contributed by atoms with Gasteiger partial charge in [-0.15, -0.1) is 5.10 Å². The Morgan fingerprint density at radius 1 is 1.05 bits per heavy atom. The SMILES string of the molecule is CCc1nnc(NC(CN)c2ccccc2)nc1CC. The molecule has 0 saturated carbocycles. The van der Waals surface area contributed by atoms with Crippen LogP contribution < -0.4 is 11.1 Å². The van der Waals surface area contributed by atoms with E-state index in [4.69, 9.17) is 5.73 Å². The maximum absolute atomic E-state index is 5.84. The monoisotopic (exact) mass is 271 g/mol. The van der Waals surface area contributed by atoms with Crippen molar-refractivity contribution in [3.8, 4) is 0 Å². The third-order valence-corrected chi connectivity index (χ3v) is 3.25. The lowest BCUT2D eigenvalue weighted by Gasteiger charge is -2.17. The Labute approximate surface area is 119 Å². The summed E-state index contributed by atoms with van der Waals surface area (Å²) in [5.41, 5.74) is 8.92. The Kier molecular flexibility index (Phi) is 5.01. The highest BCUT2D eigenvalue weighted by Gasteiger charge is 2.12. The van der Waals surface area contributed by atoms with Crippen molar-refractivity contribution in [2.75, 3.05) is 11.9 Å². The second kappa shape index (κ2) is 6.96. The van der Waals surface area contributed by atoms with Crippen LogP contribution in [0.2, 0.25) is 0 Å². The lowest BCUT2D eigenvalue weighted by atomic mass is 10.1. The summed E-state index contributed by atoms with van der Waals surface area (Å²) in [5, 5.41) is 11.6. The fourth-order valence-electron chi connectivity index (χ4n) is 2.12. The van der Waals surface area contributed by atoms with E-state index in [0.29, 0.717) is 12.5 Å². The minimum absolute atomic E-state index is 0.00446. The van der Waals surface area contributed by atoms with Gasteiger partial charge in [0.05, 0.1) is 17.4 Å². The van der Waals surface area contributed by atoms with Crippen LogP contribution >= 0.6 is 0 Å². The zero-order valence-corrected chi connectivity index (χ0v) is 12.0. The van der Waals surface area contributed by atoms with Gasteiger partial charge in [0.15, 0.2) is 0 Å². The van der Waals surface area contributed by atoms with Gasteiger partial charge in [0.1, 0.15) is 0 Å². The van der Waals surface area contributed by atoms with Gasteiger partial charge >= 0.3 is 0 Å². The van der Waals surface area contributed by atoms with Crippen molar-refractivity contribution < 1.29 is 0 Å². The molecule has 0 aliphatic heterocycles. The van der Waals surface area contributed by atoms with Crippen LogP contribution in [-0.4, -0.2) is 21.7 Å². The molecule has 2 rings (SSSR count). The number of aryl methyl sites for hydroxylation is 2. The summed E-state index contributed by atoms with van der Waals surface area (Å²) in [4.78, 5) is 4.54. The average Bonchev–Trinajstić information content (AvgIpc) is 2.53. The molecule has 0 spiro atoms. The van der Waals surface area contributed by atoms with Crippen molar-refractivity contribution >= 4 is 5.95 Å². The summed E-state index contributed by atoms with van der Waals surface area (Å²) < 4.78 is 0. The fraction of sp³-hybridized carbons (Fsp3) is 0.400. The number of nitrogens with one attached hydrogen (secondary N) is 1. The van der Waals surface area contributed by atoms with Crippen molar-refractivity contribution in [2.45, 2.75) is 32.7 Å². The topological polar surface area (TPSA) is 76.7 Å². The summed E-state index contributed by atoms with van der Waals surface area (Å²) in [7, 11) is 0. The molecule has 1 aromatic carbocycles.